The highest BCUT2D eigenvalue weighted by Gasteiger charge is 2.56. The minimum Gasteiger partial charge on any atom is -0.394 e. The molecule has 0 saturated carbocycles. The van der Waals surface area contributed by atoms with E-state index in [-0.39, 0.29) is 17.5 Å². The lowest BCUT2D eigenvalue weighted by molar-refractivity contribution is -0.377. The summed E-state index contributed by atoms with van der Waals surface area (Å²) in [6, 6.07) is 0. The van der Waals surface area contributed by atoms with Crippen molar-refractivity contribution in [2.75, 3.05) is 45.0 Å². The topological polar surface area (TPSA) is 534 Å². The van der Waals surface area contributed by atoms with Gasteiger partial charge in [-0.05, 0) is 0 Å². The van der Waals surface area contributed by atoms with Crippen LogP contribution in [0.3, 0.4) is 0 Å². The fraction of sp³-hybridized carbons (Fsp3) is 0.974. The van der Waals surface area contributed by atoms with E-state index in [4.69, 9.17) is 47.4 Å². The van der Waals surface area contributed by atoms with Crippen LogP contribution in [0, 0.1) is 0 Å². The number of aliphatic hydroxyl groups excluding tert-OH is 21. The van der Waals surface area contributed by atoms with Gasteiger partial charge in [-0.15, -0.1) is 0 Å². The van der Waals surface area contributed by atoms with E-state index < -0.39 is 224 Å². The van der Waals surface area contributed by atoms with Gasteiger partial charge in [-0.3, -0.25) is 4.79 Å². The largest absolute Gasteiger partial charge is 0.394 e. The van der Waals surface area contributed by atoms with E-state index in [1.54, 1.807) is 0 Å². The first kappa shape index (κ1) is 61.8. The molecule has 0 spiro atoms. The molecular formula is C39H67BrO32. The van der Waals surface area contributed by atoms with Gasteiger partial charge in [0.2, 0.25) is 0 Å². The number of alkyl halides is 1. The average molecular weight is 1130 g/mol. The number of halogens is 1. The SMILES string of the molecule is O=C(CBr)C[C@@H]1OC(CO)[C@@H](O[C@H]2OC(CO)[C@@H](O[C@H]3OC(CO)[C@@H](O)[C@H](O)C3O)[C@H](O)C2O)[C@H](O)C1O.OCC1O[C@H](O[C@@H]2C(CO)O[C@H](O[C@@H]3C(CO)OC(O)C(O)[C@H]3O)C(O)[C@H]2O)C(O)[C@@H](O)[C@@H]1O. The summed E-state index contributed by atoms with van der Waals surface area (Å²) in [5, 5.41) is 210. The van der Waals surface area contributed by atoms with Crippen LogP contribution in [0.15, 0.2) is 0 Å². The van der Waals surface area contributed by atoms with Crippen LogP contribution in [-0.4, -0.2) is 342 Å². The third kappa shape index (κ3) is 13.6. The van der Waals surface area contributed by atoms with Gasteiger partial charge in [0.15, 0.2) is 31.5 Å². The number of rotatable bonds is 17. The molecule has 0 aromatic carbocycles. The lowest BCUT2D eigenvalue weighted by Crippen LogP contribution is -2.66. The molecule has 0 aromatic heterocycles. The van der Waals surface area contributed by atoms with Gasteiger partial charge in [-0.25, -0.2) is 0 Å². The Morgan fingerprint density at radius 1 is 0.319 bits per heavy atom. The number of hydrogen-bond acceptors (Lipinski definition) is 32. The molecule has 6 rings (SSSR count). The number of carbonyl (C=O) groups excluding carboxylic acids is 1. The van der Waals surface area contributed by atoms with Crippen molar-refractivity contribution in [3.8, 4) is 0 Å². The van der Waals surface area contributed by atoms with Crippen molar-refractivity contribution in [2.24, 2.45) is 0 Å². The van der Waals surface area contributed by atoms with E-state index in [9.17, 15) is 112 Å². The zero-order chi connectivity index (χ0) is 53.6. The van der Waals surface area contributed by atoms with E-state index in [0.29, 0.717) is 0 Å². The molecule has 21 N–H and O–H groups in total. The Morgan fingerprint density at radius 2 is 0.583 bits per heavy atom. The minimum atomic E-state index is -1.91. The normalized spacial score (nSPS) is 50.2. The molecule has 33 heteroatoms. The zero-order valence-corrected chi connectivity index (χ0v) is 39.3. The molecule has 0 amide bonds. The Morgan fingerprint density at radius 3 is 0.917 bits per heavy atom. The van der Waals surface area contributed by atoms with E-state index in [1.807, 2.05) is 0 Å². The van der Waals surface area contributed by atoms with Crippen molar-refractivity contribution < 1.29 is 159 Å². The zero-order valence-electron chi connectivity index (χ0n) is 37.7. The highest BCUT2D eigenvalue weighted by Crippen LogP contribution is 2.35. The monoisotopic (exact) mass is 1130 g/mol. The lowest BCUT2D eigenvalue weighted by atomic mass is 9.92. The third-order valence-corrected chi connectivity index (χ3v) is 13.5. The number of ether oxygens (including phenoxy) is 10. The van der Waals surface area contributed by atoms with Crippen LogP contribution in [0.2, 0.25) is 0 Å². The van der Waals surface area contributed by atoms with E-state index in [1.165, 1.54) is 0 Å². The molecule has 6 saturated heterocycles. The van der Waals surface area contributed by atoms with E-state index in [0.717, 1.165) is 0 Å². The first-order valence-electron chi connectivity index (χ1n) is 22.5. The van der Waals surface area contributed by atoms with Gasteiger partial charge in [-0.2, -0.15) is 0 Å². The molecule has 30 atom stereocenters. The molecule has 6 aliphatic heterocycles. The molecule has 0 bridgehead atoms. The lowest BCUT2D eigenvalue weighted by Gasteiger charge is -2.48. The van der Waals surface area contributed by atoms with Crippen molar-refractivity contribution in [1.29, 1.82) is 0 Å². The number of Topliss-reactive ketones (excluding diaryl/α,β-unsaturated/α-hetero) is 1. The van der Waals surface area contributed by atoms with Crippen LogP contribution in [-0.2, 0) is 52.2 Å². The standard InChI is InChI=1S/C21H35BrO16.C18H32O16/c22-2-6(26)1-7-11(27)14(30)18(9(4-24)34-7)37-21-17(33)15(31)19(10(5-25)36-21)38-20-16(32)13(29)12(28)8(3-23)35-20;19-1-4-7(22)8(23)12(27)17(31-4)34-15-6(3-21)32-18(13(28)10(15)25)33-14-5(2-20)30-16(29)11(26)9(14)24/h7-21,23-25,27-33H,1-5H2;4-29H,1-3H2/t7-,8?,9?,10?,11?,12+,13-,14+,15+,16?,17?,18+,19+,20+,21+;4?,5?,6?,7-,8+,9-,10-,11?,12?,13?,14-,15-,16?,17-,18-/m01/s1. The Hall–Kier alpha value is -1.09. The van der Waals surface area contributed by atoms with Gasteiger partial charge in [0, 0.05) is 6.42 Å². The molecule has 6 aliphatic rings. The van der Waals surface area contributed by atoms with Gasteiger partial charge < -0.3 is 155 Å². The predicted molar refractivity (Wildman–Crippen MR) is 224 cm³/mol. The maximum absolute atomic E-state index is 11.7. The highest BCUT2D eigenvalue weighted by atomic mass is 79.9. The second-order valence-electron chi connectivity index (χ2n) is 17.7. The van der Waals surface area contributed by atoms with Crippen molar-refractivity contribution in [1.82, 2.24) is 0 Å². The number of carbonyl (C=O) groups is 1. The van der Waals surface area contributed by atoms with Crippen molar-refractivity contribution in [3.05, 3.63) is 0 Å². The Labute approximate surface area is 415 Å². The number of hydrogen-bond donors (Lipinski definition) is 21. The summed E-state index contributed by atoms with van der Waals surface area (Å²) in [5.74, 6) is -0.331. The summed E-state index contributed by atoms with van der Waals surface area (Å²) in [6.45, 7) is -4.60. The summed E-state index contributed by atoms with van der Waals surface area (Å²) < 4.78 is 53.7. The first-order chi connectivity index (χ1) is 34.0. The molecule has 13 unspecified atom stereocenters. The summed E-state index contributed by atoms with van der Waals surface area (Å²) in [5.41, 5.74) is 0. The Kier molecular flexibility index (Phi) is 23.6. The molecule has 32 nitrogen and oxygen atoms in total. The number of ketones is 1. The van der Waals surface area contributed by atoms with E-state index >= 15 is 0 Å². The molecule has 0 radical (unpaired) electrons. The van der Waals surface area contributed by atoms with Crippen LogP contribution >= 0.6 is 15.9 Å². The molecule has 6 fully saturated rings. The summed E-state index contributed by atoms with van der Waals surface area (Å²) in [6.07, 6.45) is -49.6. The maximum Gasteiger partial charge on any atom is 0.187 e. The molecular weight excluding hydrogens is 1060 g/mol. The second-order valence-corrected chi connectivity index (χ2v) is 18.3. The Bertz CT molecular complexity index is 1620. The predicted octanol–water partition coefficient (Wildman–Crippen LogP) is -13.7. The van der Waals surface area contributed by atoms with Crippen LogP contribution in [0.4, 0.5) is 0 Å². The average Bonchev–Trinajstić information content (AvgIpc) is 3.37. The molecule has 72 heavy (non-hydrogen) atoms. The van der Waals surface area contributed by atoms with E-state index in [2.05, 4.69) is 15.9 Å². The maximum atomic E-state index is 11.7. The molecule has 6 heterocycles. The quantitative estimate of drug-likeness (QED) is 0.0601. The van der Waals surface area contributed by atoms with Crippen molar-refractivity contribution in [3.63, 3.8) is 0 Å². The summed E-state index contributed by atoms with van der Waals surface area (Å²) >= 11 is 2.98. The summed E-state index contributed by atoms with van der Waals surface area (Å²) in [4.78, 5) is 11.7. The highest BCUT2D eigenvalue weighted by molar-refractivity contribution is 9.09. The molecule has 0 aromatic rings. The van der Waals surface area contributed by atoms with Gasteiger partial charge in [0.25, 0.3) is 0 Å². The van der Waals surface area contributed by atoms with Crippen LogP contribution in [0.1, 0.15) is 6.42 Å². The van der Waals surface area contributed by atoms with Gasteiger partial charge >= 0.3 is 0 Å². The third-order valence-electron chi connectivity index (χ3n) is 12.9. The van der Waals surface area contributed by atoms with Crippen molar-refractivity contribution >= 4 is 21.7 Å². The fourth-order valence-corrected chi connectivity index (χ4v) is 8.89. The van der Waals surface area contributed by atoms with Crippen LogP contribution in [0.25, 0.3) is 0 Å². The number of aliphatic hydroxyl groups is 21. The van der Waals surface area contributed by atoms with Crippen LogP contribution < -0.4 is 0 Å². The smallest absolute Gasteiger partial charge is 0.187 e. The summed E-state index contributed by atoms with van der Waals surface area (Å²) in [7, 11) is 0. The van der Waals surface area contributed by atoms with Crippen LogP contribution in [0.5, 0.6) is 0 Å². The van der Waals surface area contributed by atoms with Gasteiger partial charge in [0.1, 0.15) is 152 Å². The molecule has 0 aliphatic carbocycles. The minimum absolute atomic E-state index is 0.0195. The first-order valence-corrected chi connectivity index (χ1v) is 23.6. The van der Waals surface area contributed by atoms with Gasteiger partial charge in [-0.1, -0.05) is 15.9 Å². The molecule has 422 valence electrons. The van der Waals surface area contributed by atoms with Crippen molar-refractivity contribution in [2.45, 2.75) is 190 Å². The van der Waals surface area contributed by atoms with Gasteiger partial charge in [0.05, 0.1) is 51.1 Å². The Balaban J connectivity index is 0.000000269. The second kappa shape index (κ2) is 27.5. The fourth-order valence-electron chi connectivity index (χ4n) is 8.66.